The molecule has 0 unspecified atom stereocenters. The first-order chi connectivity index (χ1) is 6.77. The molecule has 0 saturated carbocycles. The highest BCUT2D eigenvalue weighted by Gasteiger charge is 2.26. The fraction of sp³-hybridized carbons (Fsp3) is 1.00. The molecule has 0 radical (unpaired) electrons. The molecule has 0 bridgehead atoms. The van der Waals surface area contributed by atoms with Gasteiger partial charge in [0.05, 0.1) is 6.61 Å². The largest absolute Gasteiger partial charge is 0.381 e. The van der Waals surface area contributed by atoms with E-state index in [2.05, 4.69) is 12.2 Å². The van der Waals surface area contributed by atoms with Crippen molar-refractivity contribution < 1.29 is 9.47 Å². The Hall–Kier alpha value is -0.120. The molecule has 1 N–H and O–H groups in total. The molecule has 0 aromatic carbocycles. The Morgan fingerprint density at radius 1 is 1.36 bits per heavy atom. The molecule has 0 aromatic rings. The predicted molar refractivity (Wildman–Crippen MR) is 57.5 cm³/mol. The first kappa shape index (κ1) is 12.0. The smallest absolute Gasteiger partial charge is 0.0590 e. The number of hydrogen-bond donors (Lipinski definition) is 1. The zero-order valence-electron chi connectivity index (χ0n) is 9.47. The highest BCUT2D eigenvalue weighted by molar-refractivity contribution is 4.79. The van der Waals surface area contributed by atoms with Gasteiger partial charge in [-0.3, -0.25) is 0 Å². The van der Waals surface area contributed by atoms with Crippen LogP contribution in [-0.4, -0.2) is 39.5 Å². The van der Waals surface area contributed by atoms with Crippen molar-refractivity contribution in [2.24, 2.45) is 5.41 Å². The second-order valence-corrected chi connectivity index (χ2v) is 4.30. The monoisotopic (exact) mass is 201 g/mol. The van der Waals surface area contributed by atoms with E-state index in [0.29, 0.717) is 5.41 Å². The Morgan fingerprint density at radius 2 is 2.07 bits per heavy atom. The summed E-state index contributed by atoms with van der Waals surface area (Å²) in [6.45, 7) is 9.89. The van der Waals surface area contributed by atoms with Crippen LogP contribution < -0.4 is 5.32 Å². The van der Waals surface area contributed by atoms with E-state index in [-0.39, 0.29) is 0 Å². The van der Waals surface area contributed by atoms with Crippen LogP contribution >= 0.6 is 0 Å². The summed E-state index contributed by atoms with van der Waals surface area (Å²) in [6.07, 6.45) is 2.35. The van der Waals surface area contributed by atoms with Crippen LogP contribution in [0.2, 0.25) is 0 Å². The Labute approximate surface area is 87.2 Å². The van der Waals surface area contributed by atoms with Crippen LogP contribution in [0, 0.1) is 5.41 Å². The molecule has 0 amide bonds. The molecule has 1 rings (SSSR count). The Kier molecular flexibility index (Phi) is 5.45. The molecule has 1 aliphatic rings. The van der Waals surface area contributed by atoms with E-state index in [9.17, 15) is 0 Å². The summed E-state index contributed by atoms with van der Waals surface area (Å²) in [4.78, 5) is 0. The predicted octanol–water partition coefficient (Wildman–Crippen LogP) is 1.43. The van der Waals surface area contributed by atoms with Gasteiger partial charge in [0, 0.05) is 32.9 Å². The van der Waals surface area contributed by atoms with Gasteiger partial charge < -0.3 is 14.8 Å². The van der Waals surface area contributed by atoms with Crippen molar-refractivity contribution in [1.82, 2.24) is 5.32 Å². The van der Waals surface area contributed by atoms with Gasteiger partial charge in [-0.15, -0.1) is 0 Å². The number of nitrogens with one attached hydrogen (secondary N) is 1. The average molecular weight is 201 g/mol. The van der Waals surface area contributed by atoms with Gasteiger partial charge in [0.25, 0.3) is 0 Å². The molecule has 1 heterocycles. The van der Waals surface area contributed by atoms with Crippen molar-refractivity contribution in [2.45, 2.75) is 26.7 Å². The van der Waals surface area contributed by atoms with Crippen LogP contribution in [0.1, 0.15) is 26.7 Å². The minimum absolute atomic E-state index is 0.435. The van der Waals surface area contributed by atoms with Gasteiger partial charge in [-0.05, 0) is 25.2 Å². The highest BCUT2D eigenvalue weighted by Crippen LogP contribution is 2.28. The van der Waals surface area contributed by atoms with Gasteiger partial charge >= 0.3 is 0 Å². The molecular weight excluding hydrogens is 178 g/mol. The van der Waals surface area contributed by atoms with E-state index >= 15 is 0 Å². The zero-order valence-corrected chi connectivity index (χ0v) is 9.47. The standard InChI is InChI=1S/C11H23NO2/c1-3-13-9-6-12-10-11(2)4-7-14-8-5-11/h12H,3-10H2,1-2H3. The number of ether oxygens (including phenoxy) is 2. The summed E-state index contributed by atoms with van der Waals surface area (Å²) in [5, 5.41) is 3.45. The van der Waals surface area contributed by atoms with E-state index in [1.54, 1.807) is 0 Å². The lowest BCUT2D eigenvalue weighted by Gasteiger charge is -2.33. The fourth-order valence-corrected chi connectivity index (χ4v) is 1.72. The van der Waals surface area contributed by atoms with Crippen molar-refractivity contribution in [3.8, 4) is 0 Å². The maximum atomic E-state index is 5.36. The number of hydrogen-bond acceptors (Lipinski definition) is 3. The van der Waals surface area contributed by atoms with Crippen molar-refractivity contribution in [2.75, 3.05) is 39.5 Å². The SMILES string of the molecule is CCOCCNCC1(C)CCOCC1. The van der Waals surface area contributed by atoms with Gasteiger partial charge in [0.15, 0.2) is 0 Å². The average Bonchev–Trinajstić information content (AvgIpc) is 2.18. The summed E-state index contributed by atoms with van der Waals surface area (Å²) in [7, 11) is 0. The van der Waals surface area contributed by atoms with Gasteiger partial charge in [-0.1, -0.05) is 6.92 Å². The van der Waals surface area contributed by atoms with E-state index < -0.39 is 0 Å². The lowest BCUT2D eigenvalue weighted by atomic mass is 9.82. The molecule has 0 aromatic heterocycles. The molecule has 1 saturated heterocycles. The maximum absolute atomic E-state index is 5.36. The quantitative estimate of drug-likeness (QED) is 0.659. The summed E-state index contributed by atoms with van der Waals surface area (Å²) in [5.41, 5.74) is 0.435. The molecule has 1 fully saturated rings. The topological polar surface area (TPSA) is 30.5 Å². The van der Waals surface area contributed by atoms with E-state index in [1.807, 2.05) is 6.92 Å². The second kappa shape index (κ2) is 6.38. The Balaban J connectivity index is 2.03. The van der Waals surface area contributed by atoms with E-state index in [1.165, 1.54) is 12.8 Å². The van der Waals surface area contributed by atoms with Crippen LogP contribution in [0.15, 0.2) is 0 Å². The molecule has 84 valence electrons. The molecule has 14 heavy (non-hydrogen) atoms. The zero-order chi connectivity index (χ0) is 10.3. The summed E-state index contributed by atoms with van der Waals surface area (Å²) in [6, 6.07) is 0. The van der Waals surface area contributed by atoms with Gasteiger partial charge in [0.1, 0.15) is 0 Å². The van der Waals surface area contributed by atoms with Crippen molar-refractivity contribution in [3.63, 3.8) is 0 Å². The highest BCUT2D eigenvalue weighted by atomic mass is 16.5. The minimum Gasteiger partial charge on any atom is -0.381 e. The molecular formula is C11H23NO2. The lowest BCUT2D eigenvalue weighted by molar-refractivity contribution is 0.0232. The lowest BCUT2D eigenvalue weighted by Crippen LogP contribution is -2.37. The van der Waals surface area contributed by atoms with Crippen LogP contribution in [0.4, 0.5) is 0 Å². The van der Waals surface area contributed by atoms with Crippen molar-refractivity contribution in [1.29, 1.82) is 0 Å². The first-order valence-electron chi connectivity index (χ1n) is 5.63. The van der Waals surface area contributed by atoms with Crippen molar-refractivity contribution in [3.05, 3.63) is 0 Å². The molecule has 3 heteroatoms. The van der Waals surface area contributed by atoms with Crippen molar-refractivity contribution >= 4 is 0 Å². The van der Waals surface area contributed by atoms with Gasteiger partial charge in [-0.2, -0.15) is 0 Å². The van der Waals surface area contributed by atoms with Crippen LogP contribution in [0.25, 0.3) is 0 Å². The van der Waals surface area contributed by atoms with Crippen LogP contribution in [0.5, 0.6) is 0 Å². The molecule has 0 atom stereocenters. The Bertz CT molecular complexity index is 144. The number of rotatable bonds is 6. The van der Waals surface area contributed by atoms with E-state index in [4.69, 9.17) is 9.47 Å². The minimum atomic E-state index is 0.435. The molecule has 0 spiro atoms. The van der Waals surface area contributed by atoms with Crippen LogP contribution in [-0.2, 0) is 9.47 Å². The van der Waals surface area contributed by atoms with E-state index in [0.717, 1.165) is 39.5 Å². The summed E-state index contributed by atoms with van der Waals surface area (Å²) in [5.74, 6) is 0. The molecule has 0 aliphatic carbocycles. The van der Waals surface area contributed by atoms with Gasteiger partial charge in [0.2, 0.25) is 0 Å². The molecule has 3 nitrogen and oxygen atoms in total. The second-order valence-electron chi connectivity index (χ2n) is 4.30. The third-order valence-electron chi connectivity index (χ3n) is 2.88. The first-order valence-corrected chi connectivity index (χ1v) is 5.63. The molecule has 1 aliphatic heterocycles. The summed E-state index contributed by atoms with van der Waals surface area (Å²) < 4.78 is 10.6. The third-order valence-corrected chi connectivity index (χ3v) is 2.88. The summed E-state index contributed by atoms with van der Waals surface area (Å²) >= 11 is 0. The van der Waals surface area contributed by atoms with Crippen LogP contribution in [0.3, 0.4) is 0 Å². The third kappa shape index (κ3) is 4.40. The normalized spacial score (nSPS) is 21.0. The van der Waals surface area contributed by atoms with Gasteiger partial charge in [-0.25, -0.2) is 0 Å². The Morgan fingerprint density at radius 3 is 2.71 bits per heavy atom. The fourth-order valence-electron chi connectivity index (χ4n) is 1.72. The maximum Gasteiger partial charge on any atom is 0.0590 e.